The van der Waals surface area contributed by atoms with E-state index in [1.807, 2.05) is 0 Å². The first-order valence-electron chi connectivity index (χ1n) is 6.19. The second-order valence-corrected chi connectivity index (χ2v) is 4.63. The van der Waals surface area contributed by atoms with Gasteiger partial charge in [-0.2, -0.15) is 0 Å². The molecule has 17 heavy (non-hydrogen) atoms. The standard InChI is InChI=1S/C14H21NO2/c1-10-7-12(16-2)14(13(8-10)17-3)11-5-4-6-15-9-11/h7-8,11,15H,4-6,9H2,1-3H3. The summed E-state index contributed by atoms with van der Waals surface area (Å²) >= 11 is 0. The van der Waals surface area contributed by atoms with E-state index in [-0.39, 0.29) is 0 Å². The molecule has 1 atom stereocenters. The zero-order chi connectivity index (χ0) is 12.3. The third-order valence-corrected chi connectivity index (χ3v) is 3.39. The number of benzene rings is 1. The molecule has 0 saturated carbocycles. The highest BCUT2D eigenvalue weighted by Gasteiger charge is 2.23. The van der Waals surface area contributed by atoms with Crippen LogP contribution in [0.15, 0.2) is 12.1 Å². The first kappa shape index (κ1) is 12.2. The van der Waals surface area contributed by atoms with Gasteiger partial charge in [0.15, 0.2) is 0 Å². The van der Waals surface area contributed by atoms with Gasteiger partial charge >= 0.3 is 0 Å². The van der Waals surface area contributed by atoms with Crippen LogP contribution < -0.4 is 14.8 Å². The van der Waals surface area contributed by atoms with Crippen molar-refractivity contribution in [3.8, 4) is 11.5 Å². The molecule has 2 rings (SSSR count). The van der Waals surface area contributed by atoms with Gasteiger partial charge in [0.05, 0.1) is 14.2 Å². The number of piperidine rings is 1. The van der Waals surface area contributed by atoms with Gasteiger partial charge in [0.2, 0.25) is 0 Å². The number of aryl methyl sites for hydroxylation is 1. The second-order valence-electron chi connectivity index (χ2n) is 4.63. The van der Waals surface area contributed by atoms with Crippen molar-refractivity contribution in [3.63, 3.8) is 0 Å². The number of methoxy groups -OCH3 is 2. The lowest BCUT2D eigenvalue weighted by molar-refractivity contribution is 0.364. The van der Waals surface area contributed by atoms with Gasteiger partial charge < -0.3 is 14.8 Å². The highest BCUT2D eigenvalue weighted by molar-refractivity contribution is 5.50. The Hall–Kier alpha value is -1.22. The molecule has 1 saturated heterocycles. The van der Waals surface area contributed by atoms with Crippen LogP contribution in [0.4, 0.5) is 0 Å². The van der Waals surface area contributed by atoms with Gasteiger partial charge in [0.1, 0.15) is 11.5 Å². The van der Waals surface area contributed by atoms with Crippen molar-refractivity contribution >= 4 is 0 Å². The highest BCUT2D eigenvalue weighted by atomic mass is 16.5. The molecular weight excluding hydrogens is 214 g/mol. The van der Waals surface area contributed by atoms with Crippen LogP contribution in [0, 0.1) is 6.92 Å². The molecule has 1 aromatic rings. The summed E-state index contributed by atoms with van der Waals surface area (Å²) in [5, 5.41) is 3.44. The summed E-state index contributed by atoms with van der Waals surface area (Å²) in [6.45, 7) is 4.19. The van der Waals surface area contributed by atoms with Crippen molar-refractivity contribution in [2.75, 3.05) is 27.3 Å². The third-order valence-electron chi connectivity index (χ3n) is 3.39. The Morgan fingerprint density at radius 3 is 2.29 bits per heavy atom. The molecule has 1 unspecified atom stereocenters. The maximum absolute atomic E-state index is 5.51. The summed E-state index contributed by atoms with van der Waals surface area (Å²) in [4.78, 5) is 0. The van der Waals surface area contributed by atoms with Crippen molar-refractivity contribution in [1.82, 2.24) is 5.32 Å². The van der Waals surface area contributed by atoms with Gasteiger partial charge in [-0.25, -0.2) is 0 Å². The topological polar surface area (TPSA) is 30.5 Å². The molecule has 3 nitrogen and oxygen atoms in total. The van der Waals surface area contributed by atoms with E-state index in [4.69, 9.17) is 9.47 Å². The zero-order valence-corrected chi connectivity index (χ0v) is 10.9. The molecule has 0 aliphatic carbocycles. The number of ether oxygens (including phenoxy) is 2. The Morgan fingerprint density at radius 2 is 1.82 bits per heavy atom. The van der Waals surface area contributed by atoms with E-state index in [9.17, 15) is 0 Å². The third kappa shape index (κ3) is 2.55. The Bertz CT molecular complexity index is 359. The predicted molar refractivity (Wildman–Crippen MR) is 69.1 cm³/mol. The highest BCUT2D eigenvalue weighted by Crippen LogP contribution is 2.39. The lowest BCUT2D eigenvalue weighted by atomic mass is 9.89. The van der Waals surface area contributed by atoms with Gasteiger partial charge in [-0.3, -0.25) is 0 Å². The lowest BCUT2D eigenvalue weighted by Crippen LogP contribution is -2.28. The average molecular weight is 235 g/mol. The number of nitrogens with one attached hydrogen (secondary N) is 1. The molecule has 1 aliphatic heterocycles. The molecule has 0 aromatic heterocycles. The van der Waals surface area contributed by atoms with Crippen molar-refractivity contribution in [3.05, 3.63) is 23.3 Å². The largest absolute Gasteiger partial charge is 0.496 e. The summed E-state index contributed by atoms with van der Waals surface area (Å²) in [6.07, 6.45) is 2.41. The normalized spacial score (nSPS) is 20.1. The van der Waals surface area contributed by atoms with E-state index in [1.165, 1.54) is 24.0 Å². The molecule has 1 heterocycles. The van der Waals surface area contributed by atoms with E-state index in [1.54, 1.807) is 14.2 Å². The maximum Gasteiger partial charge on any atom is 0.126 e. The Morgan fingerprint density at radius 1 is 1.18 bits per heavy atom. The molecule has 1 fully saturated rings. The van der Waals surface area contributed by atoms with E-state index >= 15 is 0 Å². The Balaban J connectivity index is 2.41. The van der Waals surface area contributed by atoms with Crippen molar-refractivity contribution < 1.29 is 9.47 Å². The molecule has 0 radical (unpaired) electrons. The summed E-state index contributed by atoms with van der Waals surface area (Å²) in [6, 6.07) is 4.18. The zero-order valence-electron chi connectivity index (χ0n) is 10.9. The first-order chi connectivity index (χ1) is 8.26. The smallest absolute Gasteiger partial charge is 0.126 e. The minimum absolute atomic E-state index is 0.495. The Kier molecular flexibility index (Phi) is 3.89. The van der Waals surface area contributed by atoms with E-state index in [0.717, 1.165) is 24.6 Å². The minimum atomic E-state index is 0.495. The van der Waals surface area contributed by atoms with Crippen LogP contribution in [-0.4, -0.2) is 27.3 Å². The van der Waals surface area contributed by atoms with Gasteiger partial charge in [-0.05, 0) is 44.0 Å². The SMILES string of the molecule is COc1cc(C)cc(OC)c1C1CCCNC1. The molecule has 1 N–H and O–H groups in total. The number of hydrogen-bond donors (Lipinski definition) is 1. The molecule has 3 heteroatoms. The van der Waals surface area contributed by atoms with Crippen LogP contribution in [0.25, 0.3) is 0 Å². The summed E-state index contributed by atoms with van der Waals surface area (Å²) in [5.74, 6) is 2.40. The van der Waals surface area contributed by atoms with Crippen molar-refractivity contribution in [1.29, 1.82) is 0 Å². The van der Waals surface area contributed by atoms with Crippen LogP contribution in [0.3, 0.4) is 0 Å². The van der Waals surface area contributed by atoms with E-state index in [2.05, 4.69) is 24.4 Å². The number of hydrogen-bond acceptors (Lipinski definition) is 3. The van der Waals surface area contributed by atoms with Gasteiger partial charge in [-0.1, -0.05) is 0 Å². The fourth-order valence-electron chi connectivity index (χ4n) is 2.57. The van der Waals surface area contributed by atoms with Gasteiger partial charge in [0, 0.05) is 18.0 Å². The molecule has 0 amide bonds. The molecule has 1 aliphatic rings. The summed E-state index contributed by atoms with van der Waals surface area (Å²) < 4.78 is 11.0. The fourth-order valence-corrected chi connectivity index (χ4v) is 2.57. The fraction of sp³-hybridized carbons (Fsp3) is 0.571. The second kappa shape index (κ2) is 5.41. The van der Waals surface area contributed by atoms with Gasteiger partial charge in [-0.15, -0.1) is 0 Å². The van der Waals surface area contributed by atoms with Crippen LogP contribution in [0.5, 0.6) is 11.5 Å². The maximum atomic E-state index is 5.51. The number of rotatable bonds is 3. The molecule has 94 valence electrons. The van der Waals surface area contributed by atoms with Crippen LogP contribution in [-0.2, 0) is 0 Å². The first-order valence-corrected chi connectivity index (χ1v) is 6.19. The molecular formula is C14H21NO2. The average Bonchev–Trinajstić information content (AvgIpc) is 2.38. The quantitative estimate of drug-likeness (QED) is 0.873. The summed E-state index contributed by atoms with van der Waals surface area (Å²) in [7, 11) is 3.46. The summed E-state index contributed by atoms with van der Waals surface area (Å²) in [5.41, 5.74) is 2.39. The van der Waals surface area contributed by atoms with Crippen LogP contribution in [0.2, 0.25) is 0 Å². The lowest BCUT2D eigenvalue weighted by Gasteiger charge is -2.26. The van der Waals surface area contributed by atoms with Gasteiger partial charge in [0.25, 0.3) is 0 Å². The Labute approximate surface area is 103 Å². The molecule has 1 aromatic carbocycles. The van der Waals surface area contributed by atoms with E-state index < -0.39 is 0 Å². The monoisotopic (exact) mass is 235 g/mol. The van der Waals surface area contributed by atoms with Crippen LogP contribution in [0.1, 0.15) is 29.9 Å². The minimum Gasteiger partial charge on any atom is -0.496 e. The van der Waals surface area contributed by atoms with Crippen molar-refractivity contribution in [2.24, 2.45) is 0 Å². The molecule has 0 bridgehead atoms. The molecule has 0 spiro atoms. The van der Waals surface area contributed by atoms with Crippen molar-refractivity contribution in [2.45, 2.75) is 25.7 Å². The van der Waals surface area contributed by atoms with Crippen LogP contribution >= 0.6 is 0 Å². The predicted octanol–water partition coefficient (Wildman–Crippen LogP) is 2.48. The van der Waals surface area contributed by atoms with E-state index in [0.29, 0.717) is 5.92 Å².